The van der Waals surface area contributed by atoms with Gasteiger partial charge in [0.05, 0.1) is 30.0 Å². The topological polar surface area (TPSA) is 26.7 Å². The largest absolute Gasteiger partial charge is 0.394 e. The SMILES string of the molecule is CC(CO)N1CCN2C3=CC=CCC3=C3[C+]=CC=CC3=C21. The Bertz CT molecular complexity index is 661. The van der Waals surface area contributed by atoms with E-state index in [0.29, 0.717) is 0 Å². The maximum atomic E-state index is 9.55. The molecule has 0 radical (unpaired) electrons. The minimum Gasteiger partial charge on any atom is -0.394 e. The van der Waals surface area contributed by atoms with Crippen LogP contribution < -0.4 is 0 Å². The van der Waals surface area contributed by atoms with Crippen molar-refractivity contribution in [1.82, 2.24) is 9.80 Å². The van der Waals surface area contributed by atoms with Crippen molar-refractivity contribution in [2.24, 2.45) is 0 Å². The molecule has 0 bridgehead atoms. The van der Waals surface area contributed by atoms with Crippen LogP contribution in [0.25, 0.3) is 0 Å². The van der Waals surface area contributed by atoms with E-state index < -0.39 is 0 Å². The lowest BCUT2D eigenvalue weighted by molar-refractivity contribution is 0.174. The molecule has 3 nitrogen and oxygen atoms in total. The Morgan fingerprint density at radius 2 is 2.24 bits per heavy atom. The van der Waals surface area contributed by atoms with Crippen LogP contribution in [0, 0.1) is 6.08 Å². The molecule has 106 valence electrons. The van der Waals surface area contributed by atoms with Gasteiger partial charge in [-0.2, -0.15) is 0 Å². The second-order valence-electron chi connectivity index (χ2n) is 5.82. The summed E-state index contributed by atoms with van der Waals surface area (Å²) in [6.45, 7) is 4.20. The van der Waals surface area contributed by atoms with Crippen molar-refractivity contribution in [2.45, 2.75) is 19.4 Å². The lowest BCUT2D eigenvalue weighted by atomic mass is 9.87. The summed E-state index contributed by atoms with van der Waals surface area (Å²) in [6, 6.07) is 0.138. The van der Waals surface area contributed by atoms with Gasteiger partial charge in [0.25, 0.3) is 0 Å². The van der Waals surface area contributed by atoms with Gasteiger partial charge >= 0.3 is 0 Å². The van der Waals surface area contributed by atoms with Crippen molar-refractivity contribution >= 4 is 0 Å². The number of aliphatic hydroxyl groups excluding tert-OH is 1. The maximum Gasteiger partial charge on any atom is 0.164 e. The second-order valence-corrected chi connectivity index (χ2v) is 5.82. The third-order valence-electron chi connectivity index (χ3n) is 4.60. The molecule has 0 amide bonds. The number of hydrogen-bond donors (Lipinski definition) is 1. The van der Waals surface area contributed by atoms with E-state index in [-0.39, 0.29) is 12.6 Å². The van der Waals surface area contributed by atoms with Gasteiger partial charge in [-0.1, -0.05) is 12.2 Å². The average molecular weight is 279 g/mol. The number of aliphatic hydroxyl groups is 1. The van der Waals surface area contributed by atoms with Crippen molar-refractivity contribution in [3.8, 4) is 0 Å². The molecule has 2 heterocycles. The van der Waals surface area contributed by atoms with Gasteiger partial charge in [-0.3, -0.25) is 0 Å². The van der Waals surface area contributed by atoms with Gasteiger partial charge < -0.3 is 14.9 Å². The summed E-state index contributed by atoms with van der Waals surface area (Å²) in [5.74, 6) is 1.23. The highest BCUT2D eigenvalue weighted by atomic mass is 16.3. The predicted molar refractivity (Wildman–Crippen MR) is 82.8 cm³/mol. The highest BCUT2D eigenvalue weighted by Crippen LogP contribution is 2.43. The van der Waals surface area contributed by atoms with Gasteiger partial charge in [0.1, 0.15) is 5.57 Å². The average Bonchev–Trinajstić information content (AvgIpc) is 3.00. The van der Waals surface area contributed by atoms with Crippen LogP contribution in [-0.4, -0.2) is 40.6 Å². The monoisotopic (exact) mass is 279 g/mol. The summed E-state index contributed by atoms with van der Waals surface area (Å²) in [5, 5.41) is 9.55. The standard InChI is InChI=1S/C18H19N2O/c1-13(12-21)19-10-11-20-17-9-5-4-7-15(17)14-6-2-3-8-16(14)18(19)20/h2-5,8-9,13,21H,7,10-12H2,1H3/q+1. The first-order valence-corrected chi connectivity index (χ1v) is 7.57. The number of allylic oxidation sites excluding steroid dienone is 10. The molecular formula is C18H19N2O+. The molecule has 0 saturated carbocycles. The van der Waals surface area contributed by atoms with Crippen molar-refractivity contribution in [3.63, 3.8) is 0 Å². The molecule has 2 aliphatic heterocycles. The van der Waals surface area contributed by atoms with Crippen LogP contribution in [0.1, 0.15) is 13.3 Å². The molecule has 2 aliphatic carbocycles. The van der Waals surface area contributed by atoms with E-state index in [2.05, 4.69) is 53.2 Å². The Labute approximate surface area is 125 Å². The van der Waals surface area contributed by atoms with Crippen LogP contribution in [0.2, 0.25) is 0 Å². The van der Waals surface area contributed by atoms with Gasteiger partial charge in [0.2, 0.25) is 0 Å². The lowest BCUT2D eigenvalue weighted by Gasteiger charge is -2.33. The van der Waals surface area contributed by atoms with Crippen LogP contribution in [0.15, 0.2) is 64.7 Å². The molecule has 0 spiro atoms. The van der Waals surface area contributed by atoms with Crippen molar-refractivity contribution in [1.29, 1.82) is 0 Å². The number of hydrogen-bond acceptors (Lipinski definition) is 3. The molecule has 1 saturated heterocycles. The Morgan fingerprint density at radius 1 is 1.33 bits per heavy atom. The van der Waals surface area contributed by atoms with E-state index in [1.165, 1.54) is 28.2 Å². The molecule has 1 N–H and O–H groups in total. The normalized spacial score (nSPS) is 23.8. The Hall–Kier alpha value is -2.09. The highest BCUT2D eigenvalue weighted by molar-refractivity contribution is 5.62. The molecule has 3 heteroatoms. The molecule has 1 atom stereocenters. The van der Waals surface area contributed by atoms with Gasteiger partial charge in [-0.05, 0) is 13.0 Å². The summed E-state index contributed by atoms with van der Waals surface area (Å²) in [6.07, 6.45) is 17.2. The first-order chi connectivity index (χ1) is 10.3. The van der Waals surface area contributed by atoms with Gasteiger partial charge in [-0.15, -0.1) is 0 Å². The Morgan fingerprint density at radius 3 is 3.10 bits per heavy atom. The number of fused-ring (bicyclic) bond motifs is 4. The van der Waals surface area contributed by atoms with Gasteiger partial charge in [0.15, 0.2) is 11.4 Å². The first kappa shape index (κ1) is 12.6. The number of nitrogens with zero attached hydrogens (tertiary/aromatic N) is 2. The number of rotatable bonds is 2. The van der Waals surface area contributed by atoms with Crippen molar-refractivity contribution in [3.05, 3.63) is 70.8 Å². The molecule has 4 aliphatic rings. The Balaban J connectivity index is 1.91. The summed E-state index contributed by atoms with van der Waals surface area (Å²) in [7, 11) is 0. The van der Waals surface area contributed by atoms with Crippen LogP contribution in [0.3, 0.4) is 0 Å². The second kappa shape index (κ2) is 4.73. The molecule has 1 unspecified atom stereocenters. The Kier molecular flexibility index (Phi) is 2.85. The van der Waals surface area contributed by atoms with Crippen molar-refractivity contribution in [2.75, 3.05) is 19.7 Å². The zero-order chi connectivity index (χ0) is 14.4. The highest BCUT2D eigenvalue weighted by Gasteiger charge is 2.42. The molecular weight excluding hydrogens is 260 g/mol. The predicted octanol–water partition coefficient (Wildman–Crippen LogP) is 2.28. The maximum absolute atomic E-state index is 9.55. The summed E-state index contributed by atoms with van der Waals surface area (Å²) < 4.78 is 0. The van der Waals surface area contributed by atoms with E-state index in [1.807, 2.05) is 6.08 Å². The lowest BCUT2D eigenvalue weighted by Crippen LogP contribution is -2.36. The molecule has 21 heavy (non-hydrogen) atoms. The molecule has 0 aromatic carbocycles. The summed E-state index contributed by atoms with van der Waals surface area (Å²) in [4.78, 5) is 4.73. The molecule has 0 aromatic rings. The van der Waals surface area contributed by atoms with E-state index in [0.717, 1.165) is 19.5 Å². The summed E-state index contributed by atoms with van der Waals surface area (Å²) in [5.41, 5.74) is 5.14. The quantitative estimate of drug-likeness (QED) is 0.786. The minimum absolute atomic E-state index is 0.138. The molecule has 0 aromatic heterocycles. The zero-order valence-corrected chi connectivity index (χ0v) is 12.2. The van der Waals surface area contributed by atoms with Crippen LogP contribution in [-0.2, 0) is 0 Å². The van der Waals surface area contributed by atoms with E-state index >= 15 is 0 Å². The van der Waals surface area contributed by atoms with Crippen LogP contribution >= 0.6 is 0 Å². The smallest absolute Gasteiger partial charge is 0.164 e. The minimum atomic E-state index is 0.138. The van der Waals surface area contributed by atoms with Gasteiger partial charge in [-0.25, -0.2) is 0 Å². The van der Waals surface area contributed by atoms with Crippen molar-refractivity contribution < 1.29 is 5.11 Å². The zero-order valence-electron chi connectivity index (χ0n) is 12.2. The molecule has 4 rings (SSSR count). The third kappa shape index (κ3) is 1.75. The fourth-order valence-corrected chi connectivity index (χ4v) is 3.54. The van der Waals surface area contributed by atoms with E-state index in [1.54, 1.807) is 0 Å². The van der Waals surface area contributed by atoms with Crippen LogP contribution in [0.5, 0.6) is 0 Å². The van der Waals surface area contributed by atoms with E-state index in [4.69, 9.17) is 0 Å². The fraction of sp³-hybridized carbons (Fsp3) is 0.333. The van der Waals surface area contributed by atoms with E-state index in [9.17, 15) is 5.11 Å². The van der Waals surface area contributed by atoms with Gasteiger partial charge in [0, 0.05) is 37.7 Å². The first-order valence-electron chi connectivity index (χ1n) is 7.57. The third-order valence-corrected chi connectivity index (χ3v) is 4.60. The fourth-order valence-electron chi connectivity index (χ4n) is 3.54. The van der Waals surface area contributed by atoms with Crippen LogP contribution in [0.4, 0.5) is 0 Å². The molecule has 1 fully saturated rings. The summed E-state index contributed by atoms with van der Waals surface area (Å²) >= 11 is 0.